The van der Waals surface area contributed by atoms with Gasteiger partial charge in [0.15, 0.2) is 11.5 Å². The molecule has 1 unspecified atom stereocenters. The molecule has 54 heavy (non-hydrogen) atoms. The molecule has 6 heteroatoms. The van der Waals surface area contributed by atoms with Crippen molar-refractivity contribution in [2.24, 2.45) is 0 Å². The van der Waals surface area contributed by atoms with Crippen molar-refractivity contribution in [3.05, 3.63) is 149 Å². The third-order valence-corrected chi connectivity index (χ3v) is 11.8. The van der Waals surface area contributed by atoms with Crippen LogP contribution in [-0.4, -0.2) is 47.6 Å². The maximum atomic E-state index is 7.33. The number of rotatable bonds is 7. The lowest BCUT2D eigenvalue weighted by atomic mass is 9.77. The fourth-order valence-corrected chi connectivity index (χ4v) is 8.93. The minimum Gasteiger partial charge on any atom is -0.497 e. The van der Waals surface area contributed by atoms with Crippen molar-refractivity contribution in [2.75, 3.05) is 52.5 Å². The SMILES string of the molecule is COc1ccc(C2(c3ccc(N4CCOCC4)cc3)C=Cc3c4c(c5cc(OC)c(OC)cc5c3CO2)-c2ccc(-c3ccccc3)cc2C4(C)C)cc1. The Labute approximate surface area is 317 Å². The molecule has 2 aliphatic heterocycles. The van der Waals surface area contributed by atoms with Crippen LogP contribution in [0.4, 0.5) is 5.69 Å². The van der Waals surface area contributed by atoms with E-state index in [0.29, 0.717) is 18.1 Å². The molecule has 0 radical (unpaired) electrons. The van der Waals surface area contributed by atoms with Crippen LogP contribution in [-0.2, 0) is 27.1 Å². The second-order valence-corrected chi connectivity index (χ2v) is 14.9. The molecule has 0 saturated carbocycles. The molecule has 0 N–H and O–H groups in total. The van der Waals surface area contributed by atoms with Crippen LogP contribution in [0.3, 0.4) is 0 Å². The van der Waals surface area contributed by atoms with Gasteiger partial charge in [-0.2, -0.15) is 0 Å². The van der Waals surface area contributed by atoms with Crippen LogP contribution in [0, 0.1) is 0 Å². The Bertz CT molecular complexity index is 2390. The molecule has 9 rings (SSSR count). The molecule has 3 aliphatic rings. The normalized spacial score (nSPS) is 18.4. The van der Waals surface area contributed by atoms with E-state index in [1.54, 1.807) is 21.3 Å². The molecule has 1 aliphatic carbocycles. The second-order valence-electron chi connectivity index (χ2n) is 14.9. The van der Waals surface area contributed by atoms with Crippen LogP contribution < -0.4 is 19.1 Å². The summed E-state index contributed by atoms with van der Waals surface area (Å²) in [6, 6.07) is 39.0. The first-order chi connectivity index (χ1) is 26.4. The molecule has 2 heterocycles. The van der Waals surface area contributed by atoms with Gasteiger partial charge in [0.05, 0.1) is 41.2 Å². The lowest BCUT2D eigenvalue weighted by Crippen LogP contribution is -2.36. The minimum atomic E-state index is -0.874. The summed E-state index contributed by atoms with van der Waals surface area (Å²) in [5.74, 6) is 2.20. The van der Waals surface area contributed by atoms with Crippen LogP contribution in [0.25, 0.3) is 39.1 Å². The van der Waals surface area contributed by atoms with E-state index in [1.807, 2.05) is 12.1 Å². The molecular weight excluding hydrogens is 671 g/mol. The van der Waals surface area contributed by atoms with Crippen LogP contribution in [0.1, 0.15) is 47.2 Å². The van der Waals surface area contributed by atoms with Crippen LogP contribution >= 0.6 is 0 Å². The standard InChI is InChI=1S/C48H45NO5/c1-47(2)42-27-32(31-9-7-6-8-10-31)11-20-38(42)45-40-29-44(52-5)43(51-4)28-39(40)41-30-54-48(22-21-37(41)46(45)47,34-14-18-36(50-3)19-15-34)33-12-16-35(17-13-33)49-23-25-53-26-24-49/h6-22,27-29H,23-26,30H2,1-5H3. The lowest BCUT2D eigenvalue weighted by molar-refractivity contribution is 0.00847. The van der Waals surface area contributed by atoms with Crippen LogP contribution in [0.2, 0.25) is 0 Å². The Kier molecular flexibility index (Phi) is 8.48. The number of benzene rings is 6. The highest BCUT2D eigenvalue weighted by atomic mass is 16.5. The van der Waals surface area contributed by atoms with E-state index in [0.717, 1.165) is 59.5 Å². The third-order valence-electron chi connectivity index (χ3n) is 11.8. The van der Waals surface area contributed by atoms with Gasteiger partial charge in [0.25, 0.3) is 0 Å². The minimum absolute atomic E-state index is 0.307. The summed E-state index contributed by atoms with van der Waals surface area (Å²) < 4.78 is 30.4. The van der Waals surface area contributed by atoms with Crippen molar-refractivity contribution in [2.45, 2.75) is 31.5 Å². The van der Waals surface area contributed by atoms with Crippen molar-refractivity contribution < 1.29 is 23.7 Å². The summed E-state index contributed by atoms with van der Waals surface area (Å²) in [7, 11) is 5.10. The summed E-state index contributed by atoms with van der Waals surface area (Å²) in [6.07, 6.45) is 4.59. The number of hydrogen-bond acceptors (Lipinski definition) is 6. The summed E-state index contributed by atoms with van der Waals surface area (Å²) in [6.45, 7) is 8.34. The van der Waals surface area contributed by atoms with E-state index in [4.69, 9.17) is 23.7 Å². The zero-order valence-electron chi connectivity index (χ0n) is 31.6. The summed E-state index contributed by atoms with van der Waals surface area (Å²) in [4.78, 5) is 2.38. The Hall–Kier alpha value is -5.56. The Morgan fingerprint density at radius 3 is 2.00 bits per heavy atom. The van der Waals surface area contributed by atoms with Crippen molar-refractivity contribution in [1.29, 1.82) is 0 Å². The molecule has 1 saturated heterocycles. The second kappa shape index (κ2) is 13.4. The summed E-state index contributed by atoms with van der Waals surface area (Å²) >= 11 is 0. The van der Waals surface area contributed by atoms with E-state index >= 15 is 0 Å². The Morgan fingerprint density at radius 1 is 0.667 bits per heavy atom. The van der Waals surface area contributed by atoms with Gasteiger partial charge in [-0.3, -0.25) is 0 Å². The fraction of sp³-hybridized carbons (Fsp3) is 0.250. The first-order valence-electron chi connectivity index (χ1n) is 18.7. The van der Waals surface area contributed by atoms with Crippen molar-refractivity contribution >= 4 is 22.5 Å². The molecule has 1 fully saturated rings. The topological polar surface area (TPSA) is 49.4 Å². The number of fused-ring (bicyclic) bond motifs is 8. The van der Waals surface area contributed by atoms with Gasteiger partial charge in [-0.05, 0) is 115 Å². The van der Waals surface area contributed by atoms with Crippen LogP contribution in [0.15, 0.2) is 115 Å². The zero-order chi connectivity index (χ0) is 37.0. The maximum absolute atomic E-state index is 7.33. The molecule has 0 bridgehead atoms. The number of ether oxygens (including phenoxy) is 5. The first-order valence-corrected chi connectivity index (χ1v) is 18.7. The predicted octanol–water partition coefficient (Wildman–Crippen LogP) is 10.2. The molecule has 6 aromatic carbocycles. The van der Waals surface area contributed by atoms with Crippen LogP contribution in [0.5, 0.6) is 17.2 Å². The summed E-state index contributed by atoms with van der Waals surface area (Å²) in [5, 5.41) is 2.22. The van der Waals surface area contributed by atoms with Gasteiger partial charge in [-0.15, -0.1) is 0 Å². The number of nitrogens with zero attached hydrogens (tertiary/aromatic N) is 1. The maximum Gasteiger partial charge on any atom is 0.161 e. The van der Waals surface area contributed by atoms with E-state index in [-0.39, 0.29) is 5.41 Å². The molecule has 272 valence electrons. The quantitative estimate of drug-likeness (QED) is 0.164. The highest BCUT2D eigenvalue weighted by Crippen LogP contribution is 2.57. The lowest BCUT2D eigenvalue weighted by Gasteiger charge is -2.33. The zero-order valence-corrected chi connectivity index (χ0v) is 31.6. The van der Waals surface area contributed by atoms with Gasteiger partial charge in [0, 0.05) is 24.2 Å². The molecular formula is C48H45NO5. The van der Waals surface area contributed by atoms with E-state index < -0.39 is 5.60 Å². The largest absolute Gasteiger partial charge is 0.497 e. The van der Waals surface area contributed by atoms with E-state index in [2.05, 4.69) is 128 Å². The van der Waals surface area contributed by atoms with Crippen molar-refractivity contribution in [1.82, 2.24) is 0 Å². The van der Waals surface area contributed by atoms with Gasteiger partial charge >= 0.3 is 0 Å². The molecule has 0 amide bonds. The van der Waals surface area contributed by atoms with Gasteiger partial charge in [0.2, 0.25) is 0 Å². The molecule has 0 spiro atoms. The Morgan fingerprint density at radius 2 is 1.33 bits per heavy atom. The first kappa shape index (κ1) is 34.2. The highest BCUT2D eigenvalue weighted by Gasteiger charge is 2.42. The van der Waals surface area contributed by atoms with Crippen molar-refractivity contribution in [3.8, 4) is 39.5 Å². The number of methoxy groups -OCH3 is 3. The number of anilines is 1. The van der Waals surface area contributed by atoms with Gasteiger partial charge in [-0.25, -0.2) is 0 Å². The molecule has 6 aromatic rings. The van der Waals surface area contributed by atoms with Gasteiger partial charge < -0.3 is 28.6 Å². The average Bonchev–Trinajstić information content (AvgIpc) is 3.33. The molecule has 0 aromatic heterocycles. The smallest absolute Gasteiger partial charge is 0.161 e. The van der Waals surface area contributed by atoms with Gasteiger partial charge in [0.1, 0.15) is 11.4 Å². The predicted molar refractivity (Wildman–Crippen MR) is 217 cm³/mol. The van der Waals surface area contributed by atoms with E-state index in [1.165, 1.54) is 44.6 Å². The third kappa shape index (κ3) is 5.39. The number of morpholine rings is 1. The van der Waals surface area contributed by atoms with E-state index in [9.17, 15) is 0 Å². The monoisotopic (exact) mass is 715 g/mol. The number of hydrogen-bond donors (Lipinski definition) is 0. The fourth-order valence-electron chi connectivity index (χ4n) is 8.93. The molecule has 6 nitrogen and oxygen atoms in total. The van der Waals surface area contributed by atoms with Gasteiger partial charge in [-0.1, -0.05) is 86.7 Å². The van der Waals surface area contributed by atoms with Crippen molar-refractivity contribution in [3.63, 3.8) is 0 Å². The Balaban J connectivity index is 1.27. The average molecular weight is 716 g/mol. The highest BCUT2D eigenvalue weighted by molar-refractivity contribution is 6.08. The summed E-state index contributed by atoms with van der Waals surface area (Å²) in [5.41, 5.74) is 11.9. The molecule has 1 atom stereocenters.